The summed E-state index contributed by atoms with van der Waals surface area (Å²) in [5.41, 5.74) is 4.97. The van der Waals surface area contributed by atoms with Crippen LogP contribution in [0.25, 0.3) is 11.3 Å². The van der Waals surface area contributed by atoms with Crippen molar-refractivity contribution >= 4 is 17.5 Å². The molecule has 1 aliphatic heterocycles. The maximum Gasteiger partial charge on any atom is 0.321 e. The zero-order valence-corrected chi connectivity index (χ0v) is 17.1. The van der Waals surface area contributed by atoms with E-state index >= 15 is 0 Å². The normalized spacial score (nSPS) is 14.0. The first-order valence-electron chi connectivity index (χ1n) is 9.97. The summed E-state index contributed by atoms with van der Waals surface area (Å²) in [6, 6.07) is 15.8. The largest absolute Gasteiger partial charge is 0.352 e. The van der Waals surface area contributed by atoms with E-state index in [0.29, 0.717) is 31.9 Å². The number of hydrogen-bond acceptors (Lipinski definition) is 4. The number of carbonyl (C=O) groups is 1. The van der Waals surface area contributed by atoms with Gasteiger partial charge < -0.3 is 15.1 Å². The number of aryl methyl sites for hydroxylation is 2. The molecule has 30 heavy (non-hydrogen) atoms. The Morgan fingerprint density at radius 2 is 1.63 bits per heavy atom. The molecule has 2 aromatic carbocycles. The van der Waals surface area contributed by atoms with Gasteiger partial charge in [-0.05, 0) is 67.4 Å². The van der Waals surface area contributed by atoms with Crippen LogP contribution in [-0.4, -0.2) is 47.3 Å². The highest BCUT2D eigenvalue weighted by Gasteiger charge is 2.22. The first kappa shape index (κ1) is 19.8. The van der Waals surface area contributed by atoms with Crippen LogP contribution in [0, 0.1) is 19.7 Å². The van der Waals surface area contributed by atoms with Crippen molar-refractivity contribution in [2.45, 2.75) is 13.8 Å². The van der Waals surface area contributed by atoms with E-state index in [0.717, 1.165) is 17.1 Å². The van der Waals surface area contributed by atoms with E-state index in [2.05, 4.69) is 52.5 Å². The van der Waals surface area contributed by atoms with E-state index in [1.807, 2.05) is 12.1 Å². The van der Waals surface area contributed by atoms with E-state index in [-0.39, 0.29) is 11.8 Å². The number of urea groups is 1. The van der Waals surface area contributed by atoms with Crippen molar-refractivity contribution in [2.24, 2.45) is 0 Å². The minimum Gasteiger partial charge on any atom is -0.352 e. The van der Waals surface area contributed by atoms with Gasteiger partial charge in [-0.3, -0.25) is 0 Å². The molecule has 0 atom stereocenters. The monoisotopic (exact) mass is 405 g/mol. The average molecular weight is 405 g/mol. The van der Waals surface area contributed by atoms with Crippen LogP contribution in [0.4, 0.5) is 20.7 Å². The molecule has 7 heteroatoms. The van der Waals surface area contributed by atoms with Crippen molar-refractivity contribution in [2.75, 3.05) is 36.4 Å². The fourth-order valence-electron chi connectivity index (χ4n) is 3.42. The summed E-state index contributed by atoms with van der Waals surface area (Å²) in [6.45, 7) is 6.68. The molecule has 1 aromatic heterocycles. The summed E-state index contributed by atoms with van der Waals surface area (Å²) < 4.78 is 13.0. The van der Waals surface area contributed by atoms with Gasteiger partial charge in [0.25, 0.3) is 0 Å². The second-order valence-corrected chi connectivity index (χ2v) is 7.49. The number of halogens is 1. The molecule has 1 N–H and O–H groups in total. The highest BCUT2D eigenvalue weighted by Crippen LogP contribution is 2.22. The molecule has 4 rings (SSSR count). The summed E-state index contributed by atoms with van der Waals surface area (Å²) in [5, 5.41) is 11.6. The number of benzene rings is 2. The molecule has 2 heterocycles. The topological polar surface area (TPSA) is 61.4 Å². The lowest BCUT2D eigenvalue weighted by Gasteiger charge is -2.35. The second kappa shape index (κ2) is 8.49. The van der Waals surface area contributed by atoms with Gasteiger partial charge in [0.15, 0.2) is 5.82 Å². The molecular formula is C23H24FN5O. The van der Waals surface area contributed by atoms with E-state index in [9.17, 15) is 9.18 Å². The van der Waals surface area contributed by atoms with Crippen LogP contribution in [-0.2, 0) is 0 Å². The van der Waals surface area contributed by atoms with Crippen LogP contribution < -0.4 is 10.2 Å². The number of anilines is 2. The first-order valence-corrected chi connectivity index (χ1v) is 9.97. The summed E-state index contributed by atoms with van der Waals surface area (Å²) in [4.78, 5) is 16.3. The fourth-order valence-corrected chi connectivity index (χ4v) is 3.42. The molecule has 0 bridgehead atoms. The van der Waals surface area contributed by atoms with Crippen LogP contribution in [0.15, 0.2) is 54.6 Å². The highest BCUT2D eigenvalue weighted by molar-refractivity contribution is 5.89. The van der Waals surface area contributed by atoms with Crippen molar-refractivity contribution in [1.82, 2.24) is 15.1 Å². The van der Waals surface area contributed by atoms with Gasteiger partial charge in [-0.15, -0.1) is 10.2 Å². The molecule has 6 nitrogen and oxygen atoms in total. The molecule has 0 spiro atoms. The SMILES string of the molecule is Cc1ccc(-c2ccc(N3CCN(C(=O)Nc4ccc(F)cc4)CC3)nn2)cc1C. The fraction of sp³-hybridized carbons (Fsp3) is 0.261. The Labute approximate surface area is 175 Å². The highest BCUT2D eigenvalue weighted by atomic mass is 19.1. The molecule has 154 valence electrons. The van der Waals surface area contributed by atoms with E-state index in [4.69, 9.17) is 0 Å². The maximum absolute atomic E-state index is 13.0. The van der Waals surface area contributed by atoms with Crippen LogP contribution in [0.1, 0.15) is 11.1 Å². The van der Waals surface area contributed by atoms with Gasteiger partial charge in [-0.2, -0.15) is 0 Å². The molecule has 0 saturated carbocycles. The summed E-state index contributed by atoms with van der Waals surface area (Å²) in [7, 11) is 0. The predicted molar refractivity (Wildman–Crippen MR) is 116 cm³/mol. The third-order valence-corrected chi connectivity index (χ3v) is 5.44. The van der Waals surface area contributed by atoms with Crippen molar-refractivity contribution < 1.29 is 9.18 Å². The Kier molecular flexibility index (Phi) is 5.61. The lowest BCUT2D eigenvalue weighted by atomic mass is 10.0. The Bertz CT molecular complexity index is 1030. The van der Waals surface area contributed by atoms with Crippen molar-refractivity contribution in [3.05, 3.63) is 71.5 Å². The molecular weight excluding hydrogens is 381 g/mol. The second-order valence-electron chi connectivity index (χ2n) is 7.49. The third kappa shape index (κ3) is 4.40. The molecule has 0 radical (unpaired) electrons. The molecule has 1 saturated heterocycles. The lowest BCUT2D eigenvalue weighted by molar-refractivity contribution is 0.208. The predicted octanol–water partition coefficient (Wildman–Crippen LogP) is 4.25. The number of aromatic nitrogens is 2. The molecule has 0 aliphatic carbocycles. The summed E-state index contributed by atoms with van der Waals surface area (Å²) >= 11 is 0. The van der Waals surface area contributed by atoms with Gasteiger partial charge in [0.1, 0.15) is 5.82 Å². The number of carbonyl (C=O) groups excluding carboxylic acids is 1. The Morgan fingerprint density at radius 1 is 0.900 bits per heavy atom. The molecule has 3 aromatic rings. The maximum atomic E-state index is 13.0. The number of amides is 2. The van der Waals surface area contributed by atoms with Gasteiger partial charge >= 0.3 is 6.03 Å². The Balaban J connectivity index is 1.35. The average Bonchev–Trinajstić information content (AvgIpc) is 2.77. The summed E-state index contributed by atoms with van der Waals surface area (Å²) in [6.07, 6.45) is 0. The van der Waals surface area contributed by atoms with Crippen molar-refractivity contribution in [3.63, 3.8) is 0 Å². The molecule has 1 fully saturated rings. The zero-order valence-electron chi connectivity index (χ0n) is 17.1. The quantitative estimate of drug-likeness (QED) is 0.708. The first-order chi connectivity index (χ1) is 14.5. The van der Waals surface area contributed by atoms with Crippen molar-refractivity contribution in [1.29, 1.82) is 0 Å². The van der Waals surface area contributed by atoms with Crippen molar-refractivity contribution in [3.8, 4) is 11.3 Å². The Hall–Kier alpha value is -3.48. The van der Waals surface area contributed by atoms with E-state index < -0.39 is 0 Å². The standard InChI is InChI=1S/C23H24FN5O/c1-16-3-4-18(15-17(16)2)21-9-10-22(27-26-21)28-11-13-29(14-12-28)23(30)25-20-7-5-19(24)6-8-20/h3-10,15H,11-14H2,1-2H3,(H,25,30). The molecule has 0 unspecified atom stereocenters. The van der Waals surface area contributed by atoms with Crippen LogP contribution >= 0.6 is 0 Å². The lowest BCUT2D eigenvalue weighted by Crippen LogP contribution is -2.50. The van der Waals surface area contributed by atoms with Crippen LogP contribution in [0.3, 0.4) is 0 Å². The summed E-state index contributed by atoms with van der Waals surface area (Å²) in [5.74, 6) is 0.479. The molecule has 1 aliphatic rings. The van der Waals surface area contributed by atoms with Gasteiger partial charge in [0, 0.05) is 37.4 Å². The number of hydrogen-bond donors (Lipinski definition) is 1. The number of nitrogens with one attached hydrogen (secondary N) is 1. The van der Waals surface area contributed by atoms with E-state index in [1.165, 1.54) is 23.3 Å². The Morgan fingerprint density at radius 3 is 2.27 bits per heavy atom. The van der Waals surface area contributed by atoms with Gasteiger partial charge in [0.05, 0.1) is 5.69 Å². The van der Waals surface area contributed by atoms with Gasteiger partial charge in [-0.25, -0.2) is 9.18 Å². The number of nitrogens with zero attached hydrogens (tertiary/aromatic N) is 4. The van der Waals surface area contributed by atoms with Gasteiger partial charge in [0.2, 0.25) is 0 Å². The zero-order chi connectivity index (χ0) is 21.1. The van der Waals surface area contributed by atoms with Crippen LogP contribution in [0.5, 0.6) is 0 Å². The van der Waals surface area contributed by atoms with Gasteiger partial charge in [-0.1, -0.05) is 12.1 Å². The number of piperazine rings is 1. The smallest absolute Gasteiger partial charge is 0.321 e. The molecule has 2 amide bonds. The minimum absolute atomic E-state index is 0.183. The van der Waals surface area contributed by atoms with Crippen LogP contribution in [0.2, 0.25) is 0 Å². The number of rotatable bonds is 3. The van der Waals surface area contributed by atoms with E-state index in [1.54, 1.807) is 17.0 Å². The third-order valence-electron chi connectivity index (χ3n) is 5.44. The minimum atomic E-state index is -0.328.